The lowest BCUT2D eigenvalue weighted by Crippen LogP contribution is -2.37. The predicted molar refractivity (Wildman–Crippen MR) is 89.0 cm³/mol. The Morgan fingerprint density at radius 1 is 1.12 bits per heavy atom. The maximum atomic E-state index is 12.2. The van der Waals surface area contributed by atoms with Crippen LogP contribution in [0.2, 0.25) is 0 Å². The number of anilines is 1. The number of aromatic nitrogens is 2. The largest absolute Gasteiger partial charge is 0.299 e. The number of hydrogen-bond donors (Lipinski definition) is 1. The van der Waals surface area contributed by atoms with Gasteiger partial charge in [-0.3, -0.25) is 24.6 Å². The molecule has 124 valence electrons. The SMILES string of the molecule is CC(C)(C)c1nnc(NC(=O)CN2C(=O)c3ccccc3C2=O)s1. The molecule has 3 rings (SSSR count). The molecule has 1 aliphatic rings. The van der Waals surface area contributed by atoms with Crippen LogP contribution < -0.4 is 5.32 Å². The zero-order chi connectivity index (χ0) is 17.5. The van der Waals surface area contributed by atoms with Crippen molar-refractivity contribution in [2.24, 2.45) is 0 Å². The summed E-state index contributed by atoms with van der Waals surface area (Å²) in [7, 11) is 0. The molecular weight excluding hydrogens is 328 g/mol. The number of hydrogen-bond acceptors (Lipinski definition) is 6. The summed E-state index contributed by atoms with van der Waals surface area (Å²) in [4.78, 5) is 37.5. The highest BCUT2D eigenvalue weighted by Crippen LogP contribution is 2.28. The van der Waals surface area contributed by atoms with Gasteiger partial charge in [0.1, 0.15) is 11.6 Å². The minimum Gasteiger partial charge on any atom is -0.299 e. The van der Waals surface area contributed by atoms with Gasteiger partial charge in [0.15, 0.2) is 0 Å². The second-order valence-corrected chi connectivity index (χ2v) is 7.43. The number of amides is 3. The van der Waals surface area contributed by atoms with Crippen molar-refractivity contribution in [2.45, 2.75) is 26.2 Å². The maximum absolute atomic E-state index is 12.2. The Morgan fingerprint density at radius 3 is 2.21 bits per heavy atom. The number of imide groups is 1. The summed E-state index contributed by atoms with van der Waals surface area (Å²) < 4.78 is 0. The number of carbonyl (C=O) groups excluding carboxylic acids is 3. The molecule has 24 heavy (non-hydrogen) atoms. The van der Waals surface area contributed by atoms with Crippen LogP contribution in [0, 0.1) is 0 Å². The number of fused-ring (bicyclic) bond motifs is 1. The monoisotopic (exact) mass is 344 g/mol. The summed E-state index contributed by atoms with van der Waals surface area (Å²) in [5.74, 6) is -1.40. The Balaban J connectivity index is 1.69. The van der Waals surface area contributed by atoms with E-state index in [1.807, 2.05) is 20.8 Å². The molecule has 1 aliphatic heterocycles. The molecule has 0 radical (unpaired) electrons. The van der Waals surface area contributed by atoms with Gasteiger partial charge in [-0.15, -0.1) is 10.2 Å². The van der Waals surface area contributed by atoms with Gasteiger partial charge in [0.05, 0.1) is 11.1 Å². The van der Waals surface area contributed by atoms with Crippen LogP contribution in [0.15, 0.2) is 24.3 Å². The van der Waals surface area contributed by atoms with Crippen LogP contribution >= 0.6 is 11.3 Å². The molecule has 0 unspecified atom stereocenters. The molecule has 2 aromatic rings. The van der Waals surface area contributed by atoms with Crippen molar-refractivity contribution in [1.29, 1.82) is 0 Å². The van der Waals surface area contributed by atoms with E-state index in [9.17, 15) is 14.4 Å². The maximum Gasteiger partial charge on any atom is 0.262 e. The molecular formula is C16H16N4O3S. The highest BCUT2D eigenvalue weighted by Gasteiger charge is 2.36. The molecule has 1 aromatic carbocycles. The summed E-state index contributed by atoms with van der Waals surface area (Å²) in [6, 6.07) is 6.52. The summed E-state index contributed by atoms with van der Waals surface area (Å²) in [5, 5.41) is 11.7. The minimum atomic E-state index is -0.485. The lowest BCUT2D eigenvalue weighted by molar-refractivity contribution is -0.116. The van der Waals surface area contributed by atoms with E-state index in [1.54, 1.807) is 24.3 Å². The molecule has 2 heterocycles. The fourth-order valence-corrected chi connectivity index (χ4v) is 3.08. The summed E-state index contributed by atoms with van der Waals surface area (Å²) >= 11 is 1.27. The molecule has 7 nitrogen and oxygen atoms in total. The molecule has 0 aliphatic carbocycles. The van der Waals surface area contributed by atoms with E-state index in [0.717, 1.165) is 9.91 Å². The molecule has 0 saturated heterocycles. The van der Waals surface area contributed by atoms with E-state index in [-0.39, 0.29) is 12.0 Å². The van der Waals surface area contributed by atoms with E-state index in [4.69, 9.17) is 0 Å². The van der Waals surface area contributed by atoms with E-state index < -0.39 is 17.7 Å². The summed E-state index contributed by atoms with van der Waals surface area (Å²) in [5.41, 5.74) is 0.478. The van der Waals surface area contributed by atoms with Crippen LogP contribution in [0.1, 0.15) is 46.5 Å². The van der Waals surface area contributed by atoms with Crippen molar-refractivity contribution in [3.8, 4) is 0 Å². The Morgan fingerprint density at radius 2 is 1.71 bits per heavy atom. The van der Waals surface area contributed by atoms with Crippen LogP contribution in [0.4, 0.5) is 5.13 Å². The molecule has 0 fully saturated rings. The number of nitrogens with one attached hydrogen (secondary N) is 1. The number of carbonyl (C=O) groups is 3. The normalized spacial score (nSPS) is 14.0. The number of benzene rings is 1. The van der Waals surface area contributed by atoms with Crippen LogP contribution in [0.5, 0.6) is 0 Å². The first-order valence-electron chi connectivity index (χ1n) is 7.36. The van der Waals surface area contributed by atoms with Gasteiger partial charge >= 0.3 is 0 Å². The van der Waals surface area contributed by atoms with Crippen molar-refractivity contribution in [3.05, 3.63) is 40.4 Å². The van der Waals surface area contributed by atoms with Crippen molar-refractivity contribution >= 4 is 34.2 Å². The van der Waals surface area contributed by atoms with Crippen molar-refractivity contribution in [2.75, 3.05) is 11.9 Å². The minimum absolute atomic E-state index is 0.164. The molecule has 3 amide bonds. The topological polar surface area (TPSA) is 92.3 Å². The smallest absolute Gasteiger partial charge is 0.262 e. The van der Waals surface area contributed by atoms with Gasteiger partial charge in [-0.2, -0.15) is 0 Å². The molecule has 1 N–H and O–H groups in total. The van der Waals surface area contributed by atoms with Crippen molar-refractivity contribution in [3.63, 3.8) is 0 Å². The van der Waals surface area contributed by atoms with Gasteiger partial charge in [-0.25, -0.2) is 0 Å². The predicted octanol–water partition coefficient (Wildman–Crippen LogP) is 2.07. The van der Waals surface area contributed by atoms with E-state index >= 15 is 0 Å². The van der Waals surface area contributed by atoms with Gasteiger partial charge < -0.3 is 0 Å². The standard InChI is InChI=1S/C16H16N4O3S/c1-16(2,3)14-18-19-15(24-14)17-11(21)8-20-12(22)9-6-4-5-7-10(9)13(20)23/h4-7H,8H2,1-3H3,(H,17,19,21). The first kappa shape index (κ1) is 16.3. The van der Waals surface area contributed by atoms with Gasteiger partial charge in [0, 0.05) is 5.41 Å². The number of rotatable bonds is 3. The fourth-order valence-electron chi connectivity index (χ4n) is 2.26. The molecule has 0 spiro atoms. The van der Waals surface area contributed by atoms with Crippen LogP contribution in [0.25, 0.3) is 0 Å². The summed E-state index contributed by atoms with van der Waals surface area (Å²) in [6.07, 6.45) is 0. The van der Waals surface area contributed by atoms with Crippen LogP contribution in [-0.2, 0) is 10.2 Å². The quantitative estimate of drug-likeness (QED) is 0.861. The molecule has 1 aromatic heterocycles. The van der Waals surface area contributed by atoms with Gasteiger partial charge in [0.25, 0.3) is 11.8 Å². The lowest BCUT2D eigenvalue weighted by Gasteiger charge is -2.13. The van der Waals surface area contributed by atoms with E-state index in [0.29, 0.717) is 16.3 Å². The van der Waals surface area contributed by atoms with E-state index in [1.165, 1.54) is 11.3 Å². The molecule has 0 bridgehead atoms. The molecule has 0 atom stereocenters. The van der Waals surface area contributed by atoms with Crippen molar-refractivity contribution < 1.29 is 14.4 Å². The fraction of sp³-hybridized carbons (Fsp3) is 0.312. The number of nitrogens with zero attached hydrogens (tertiary/aromatic N) is 3. The van der Waals surface area contributed by atoms with Gasteiger partial charge in [-0.05, 0) is 12.1 Å². The third kappa shape index (κ3) is 2.92. The Bertz CT molecular complexity index is 803. The molecule has 8 heteroatoms. The highest BCUT2D eigenvalue weighted by atomic mass is 32.1. The Labute approximate surface area is 142 Å². The second kappa shape index (κ2) is 5.79. The van der Waals surface area contributed by atoms with Gasteiger partial charge in [-0.1, -0.05) is 44.2 Å². The Kier molecular flexibility index (Phi) is 3.92. The third-order valence-corrected chi connectivity index (χ3v) is 4.76. The molecule has 0 saturated carbocycles. The Hall–Kier alpha value is -2.61. The zero-order valence-electron chi connectivity index (χ0n) is 13.5. The van der Waals surface area contributed by atoms with Crippen molar-refractivity contribution in [1.82, 2.24) is 15.1 Å². The first-order valence-corrected chi connectivity index (χ1v) is 8.18. The third-order valence-electron chi connectivity index (χ3n) is 3.49. The van der Waals surface area contributed by atoms with Crippen LogP contribution in [0.3, 0.4) is 0 Å². The van der Waals surface area contributed by atoms with Crippen LogP contribution in [-0.4, -0.2) is 39.4 Å². The van der Waals surface area contributed by atoms with Gasteiger partial charge in [0.2, 0.25) is 11.0 Å². The average molecular weight is 344 g/mol. The van der Waals surface area contributed by atoms with E-state index in [2.05, 4.69) is 15.5 Å². The lowest BCUT2D eigenvalue weighted by atomic mass is 9.98. The first-order chi connectivity index (χ1) is 11.3. The highest BCUT2D eigenvalue weighted by molar-refractivity contribution is 7.15. The second-order valence-electron chi connectivity index (χ2n) is 6.45. The summed E-state index contributed by atoms with van der Waals surface area (Å²) in [6.45, 7) is 5.64. The average Bonchev–Trinajstić information content (AvgIpc) is 3.07. The zero-order valence-corrected chi connectivity index (χ0v) is 14.3.